The number of carboxylic acids is 2. The van der Waals surface area contributed by atoms with E-state index in [4.69, 9.17) is 14.6 Å². The summed E-state index contributed by atoms with van der Waals surface area (Å²) in [5.41, 5.74) is 1.25. The van der Waals surface area contributed by atoms with Gasteiger partial charge in [-0.25, -0.2) is 4.79 Å². The Hall–Kier alpha value is -4.96. The maximum Gasteiger partial charge on any atom is 0.345 e. The molecule has 12 nitrogen and oxygen atoms in total. The molecule has 0 atom stereocenters. The van der Waals surface area contributed by atoms with Crippen LogP contribution >= 0.6 is 11.3 Å². The first-order valence-corrected chi connectivity index (χ1v) is 14.9. The van der Waals surface area contributed by atoms with Gasteiger partial charge in [-0.1, -0.05) is 6.42 Å². The van der Waals surface area contributed by atoms with Crippen LogP contribution in [0.2, 0.25) is 0 Å². The van der Waals surface area contributed by atoms with Gasteiger partial charge in [-0.15, -0.1) is 11.3 Å². The molecule has 232 valence electrons. The summed E-state index contributed by atoms with van der Waals surface area (Å²) >= 11 is 1.25. The molecule has 0 aliphatic carbocycles. The van der Waals surface area contributed by atoms with Crippen molar-refractivity contribution in [2.45, 2.75) is 39.5 Å². The van der Waals surface area contributed by atoms with E-state index in [0.717, 1.165) is 29.1 Å². The maximum absolute atomic E-state index is 12.8. The smallest absolute Gasteiger partial charge is 0.345 e. The molecule has 13 heteroatoms. The number of carbonyl (C=O) groups is 4. The van der Waals surface area contributed by atoms with E-state index in [1.165, 1.54) is 17.4 Å². The summed E-state index contributed by atoms with van der Waals surface area (Å²) in [6.45, 7) is 4.63. The number of rotatable bonds is 16. The number of carbonyl (C=O) groups excluding carboxylic acids is 2. The van der Waals surface area contributed by atoms with Crippen molar-refractivity contribution in [1.29, 1.82) is 5.26 Å². The topological polar surface area (TPSA) is 181 Å². The van der Waals surface area contributed by atoms with Crippen LogP contribution in [0.15, 0.2) is 51.2 Å². The summed E-state index contributed by atoms with van der Waals surface area (Å²) in [4.78, 5) is 63.4. The Morgan fingerprint density at radius 2 is 1.70 bits per heavy atom. The number of carboxylic acid groups (broad SMARTS) is 2. The number of aliphatic carboxylic acids is 2. The van der Waals surface area contributed by atoms with Crippen LogP contribution < -0.4 is 15.8 Å². The van der Waals surface area contributed by atoms with Crippen molar-refractivity contribution in [3.8, 4) is 16.5 Å². The van der Waals surface area contributed by atoms with Gasteiger partial charge >= 0.3 is 17.6 Å². The molecule has 0 aliphatic rings. The number of amides is 2. The summed E-state index contributed by atoms with van der Waals surface area (Å²) in [6.07, 6.45) is 2.81. The van der Waals surface area contributed by atoms with Gasteiger partial charge in [0, 0.05) is 52.9 Å². The third-order valence-corrected chi connectivity index (χ3v) is 7.82. The largest absolute Gasteiger partial charge is 0.480 e. The van der Waals surface area contributed by atoms with E-state index in [9.17, 15) is 29.2 Å². The van der Waals surface area contributed by atoms with Gasteiger partial charge in [-0.2, -0.15) is 5.26 Å². The zero-order valence-electron chi connectivity index (χ0n) is 24.5. The third-order valence-electron chi connectivity index (χ3n) is 6.75. The zero-order valence-corrected chi connectivity index (χ0v) is 25.3. The molecule has 0 bridgehead atoms. The number of nitrogens with zero attached hydrogens (tertiary/aromatic N) is 3. The molecule has 0 saturated heterocycles. The highest BCUT2D eigenvalue weighted by Crippen LogP contribution is 2.30. The number of nitriles is 1. The molecular weight excluding hydrogens is 588 g/mol. The second-order valence-corrected chi connectivity index (χ2v) is 10.9. The lowest BCUT2D eigenvalue weighted by atomic mass is 10.1. The predicted octanol–water partition coefficient (Wildman–Crippen LogP) is 3.95. The number of fused-ring (bicyclic) bond motifs is 1. The van der Waals surface area contributed by atoms with Gasteiger partial charge in [-0.3, -0.25) is 19.2 Å². The Bertz CT molecular complexity index is 1630. The van der Waals surface area contributed by atoms with Crippen LogP contribution in [0.4, 0.5) is 5.69 Å². The first-order valence-electron chi connectivity index (χ1n) is 14.1. The minimum Gasteiger partial charge on any atom is -0.480 e. The Kier molecular flexibility index (Phi) is 12.2. The van der Waals surface area contributed by atoms with E-state index in [0.29, 0.717) is 40.2 Å². The van der Waals surface area contributed by atoms with Crippen LogP contribution in [0.25, 0.3) is 27.5 Å². The SMILES string of the molecule is CCN(CC)c1ccc2cc(-c3ccc(/C=C(\C#N)C(=O)NCCCCCC(=O)N(CC(=O)O)CC(=O)O)s3)c(=O)oc2c1. The number of hydrogen-bond acceptors (Lipinski definition) is 9. The molecule has 2 heterocycles. The molecule has 2 amide bonds. The molecule has 2 aromatic heterocycles. The van der Waals surface area contributed by atoms with Crippen molar-refractivity contribution in [3.63, 3.8) is 0 Å². The van der Waals surface area contributed by atoms with E-state index in [-0.39, 0.29) is 18.5 Å². The molecule has 3 rings (SSSR count). The van der Waals surface area contributed by atoms with Gasteiger partial charge in [0.1, 0.15) is 30.3 Å². The molecule has 1 aromatic carbocycles. The normalized spacial score (nSPS) is 11.2. The lowest BCUT2D eigenvalue weighted by molar-refractivity contribution is -0.149. The summed E-state index contributed by atoms with van der Waals surface area (Å²) < 4.78 is 5.63. The van der Waals surface area contributed by atoms with E-state index in [1.807, 2.05) is 24.3 Å². The van der Waals surface area contributed by atoms with Crippen molar-refractivity contribution in [1.82, 2.24) is 10.2 Å². The van der Waals surface area contributed by atoms with Crippen molar-refractivity contribution < 1.29 is 33.8 Å². The van der Waals surface area contributed by atoms with Crippen LogP contribution in [0.5, 0.6) is 0 Å². The Labute approximate surface area is 257 Å². The van der Waals surface area contributed by atoms with Crippen molar-refractivity contribution in [3.05, 3.63) is 57.3 Å². The zero-order chi connectivity index (χ0) is 32.2. The molecule has 0 fully saturated rings. The quantitative estimate of drug-likeness (QED) is 0.0916. The number of anilines is 1. The Morgan fingerprint density at radius 1 is 1.00 bits per heavy atom. The van der Waals surface area contributed by atoms with Crippen molar-refractivity contribution in [2.75, 3.05) is 37.6 Å². The fourth-order valence-electron chi connectivity index (χ4n) is 4.52. The molecule has 0 unspecified atom stereocenters. The van der Waals surface area contributed by atoms with E-state index in [1.54, 1.807) is 18.2 Å². The average molecular weight is 623 g/mol. The standard InChI is InChI=1S/C31H34N4O8S/c1-3-34(4-2)22-10-9-20-15-24(31(42)43-25(20)16-22)26-12-11-23(44-26)14-21(17-32)30(41)33-13-7-5-6-8-27(36)35(18-28(37)38)19-29(39)40/h9-12,14-16H,3-8,13,18-19H2,1-2H3,(H,33,41)(H,37,38)(H,39,40)/b21-14+. The maximum atomic E-state index is 12.8. The number of hydrogen-bond donors (Lipinski definition) is 3. The fourth-order valence-corrected chi connectivity index (χ4v) is 5.47. The second kappa shape index (κ2) is 16.0. The van der Waals surface area contributed by atoms with Crippen molar-refractivity contribution in [2.24, 2.45) is 0 Å². The Balaban J connectivity index is 1.57. The molecule has 0 saturated carbocycles. The Morgan fingerprint density at radius 3 is 2.34 bits per heavy atom. The monoisotopic (exact) mass is 622 g/mol. The third kappa shape index (κ3) is 9.27. The van der Waals surface area contributed by atoms with Gasteiger partial charge in [0.05, 0.1) is 5.56 Å². The van der Waals surface area contributed by atoms with Gasteiger partial charge in [-0.05, 0) is 63.1 Å². The predicted molar refractivity (Wildman–Crippen MR) is 166 cm³/mol. The molecule has 0 radical (unpaired) electrons. The minimum absolute atomic E-state index is 0.0223. The number of unbranched alkanes of at least 4 members (excludes halogenated alkanes) is 2. The van der Waals surface area contributed by atoms with Crippen LogP contribution in [-0.4, -0.2) is 71.6 Å². The molecule has 3 aromatic rings. The van der Waals surface area contributed by atoms with Crippen molar-refractivity contribution >= 4 is 57.8 Å². The lowest BCUT2D eigenvalue weighted by Gasteiger charge is -2.20. The molecular formula is C31H34N4O8S. The van der Waals surface area contributed by atoms with E-state index < -0.39 is 42.5 Å². The number of benzene rings is 1. The highest BCUT2D eigenvalue weighted by Gasteiger charge is 2.19. The number of nitrogens with one attached hydrogen (secondary N) is 1. The first-order chi connectivity index (χ1) is 21.1. The van der Waals surface area contributed by atoms with Crippen LogP contribution in [0.3, 0.4) is 0 Å². The van der Waals surface area contributed by atoms with Gasteiger partial charge in [0.25, 0.3) is 5.91 Å². The molecule has 0 aliphatic heterocycles. The fraction of sp³-hybridized carbons (Fsp3) is 0.355. The van der Waals surface area contributed by atoms with E-state index >= 15 is 0 Å². The highest BCUT2D eigenvalue weighted by molar-refractivity contribution is 7.16. The van der Waals surface area contributed by atoms with Crippen LogP contribution in [0.1, 0.15) is 44.4 Å². The number of thiophene rings is 1. The van der Waals surface area contributed by atoms with Crippen LogP contribution in [-0.2, 0) is 19.2 Å². The van der Waals surface area contributed by atoms with Gasteiger partial charge in [0.15, 0.2) is 0 Å². The second-order valence-electron chi connectivity index (χ2n) is 9.82. The molecule has 3 N–H and O–H groups in total. The van der Waals surface area contributed by atoms with Gasteiger partial charge < -0.3 is 29.7 Å². The summed E-state index contributed by atoms with van der Waals surface area (Å²) in [5.74, 6) is -3.74. The first kappa shape index (κ1) is 33.5. The minimum atomic E-state index is -1.30. The van der Waals surface area contributed by atoms with E-state index in [2.05, 4.69) is 24.1 Å². The van der Waals surface area contributed by atoms with Crippen LogP contribution in [0, 0.1) is 11.3 Å². The highest BCUT2D eigenvalue weighted by atomic mass is 32.1. The summed E-state index contributed by atoms with van der Waals surface area (Å²) in [7, 11) is 0. The lowest BCUT2D eigenvalue weighted by Crippen LogP contribution is -2.39. The summed E-state index contributed by atoms with van der Waals surface area (Å²) in [6, 6.07) is 12.9. The summed E-state index contributed by atoms with van der Waals surface area (Å²) in [5, 5.41) is 30.7. The molecule has 44 heavy (non-hydrogen) atoms. The van der Waals surface area contributed by atoms with Gasteiger partial charge in [0.2, 0.25) is 5.91 Å². The average Bonchev–Trinajstić information content (AvgIpc) is 3.45. The molecule has 0 spiro atoms.